The van der Waals surface area contributed by atoms with Crippen molar-refractivity contribution in [2.45, 2.75) is 25.2 Å². The van der Waals surface area contributed by atoms with E-state index in [1.54, 1.807) is 45.3 Å². The van der Waals surface area contributed by atoms with Crippen LogP contribution < -0.4 is 5.32 Å². The third-order valence-corrected chi connectivity index (χ3v) is 6.00. The molecule has 0 spiro atoms. The van der Waals surface area contributed by atoms with E-state index in [1.807, 2.05) is 0 Å². The second-order valence-electron chi connectivity index (χ2n) is 7.23. The summed E-state index contributed by atoms with van der Waals surface area (Å²) < 4.78 is 19.3. The summed E-state index contributed by atoms with van der Waals surface area (Å²) in [5.74, 6) is -0.557. The zero-order valence-corrected chi connectivity index (χ0v) is 17.0. The third kappa shape index (κ3) is 3.42. The van der Waals surface area contributed by atoms with Crippen LogP contribution in [0.1, 0.15) is 33.9 Å². The van der Waals surface area contributed by atoms with Gasteiger partial charge in [0.25, 0.3) is 5.91 Å². The minimum atomic E-state index is -0.821. The largest absolute Gasteiger partial charge is 0.356 e. The monoisotopic (exact) mass is 414 g/mol. The molecule has 0 atom stereocenters. The Kier molecular flexibility index (Phi) is 4.70. The molecule has 29 heavy (non-hydrogen) atoms. The summed E-state index contributed by atoms with van der Waals surface area (Å²) in [7, 11) is 3.33. The highest BCUT2D eigenvalue weighted by molar-refractivity contribution is 7.17. The van der Waals surface area contributed by atoms with Crippen LogP contribution in [0.2, 0.25) is 0 Å². The summed E-state index contributed by atoms with van der Waals surface area (Å²) in [5, 5.41) is 7.19. The van der Waals surface area contributed by atoms with E-state index in [2.05, 4.69) is 15.5 Å². The molecule has 1 aromatic carbocycles. The minimum absolute atomic E-state index is 0.160. The van der Waals surface area contributed by atoms with Crippen molar-refractivity contribution < 1.29 is 18.5 Å². The second kappa shape index (κ2) is 7.07. The van der Waals surface area contributed by atoms with Crippen LogP contribution in [-0.2, 0) is 10.2 Å². The molecule has 2 amide bonds. The molecule has 1 aliphatic carbocycles. The molecule has 0 radical (unpaired) electrons. The molecule has 150 valence electrons. The number of nitrogens with zero attached hydrogens (tertiary/aromatic N) is 3. The van der Waals surface area contributed by atoms with Gasteiger partial charge in [0.05, 0.1) is 22.4 Å². The fourth-order valence-corrected chi connectivity index (χ4v) is 4.06. The van der Waals surface area contributed by atoms with Crippen LogP contribution in [0.4, 0.5) is 9.52 Å². The first-order valence-electron chi connectivity index (χ1n) is 9.04. The van der Waals surface area contributed by atoms with Crippen molar-refractivity contribution in [3.8, 4) is 11.3 Å². The average molecular weight is 414 g/mol. The van der Waals surface area contributed by atoms with Gasteiger partial charge in [-0.15, -0.1) is 0 Å². The summed E-state index contributed by atoms with van der Waals surface area (Å²) >= 11 is 1.14. The number of rotatable bonds is 5. The van der Waals surface area contributed by atoms with Gasteiger partial charge in [0.15, 0.2) is 10.9 Å². The van der Waals surface area contributed by atoms with Crippen molar-refractivity contribution in [1.29, 1.82) is 0 Å². The maximum atomic E-state index is 14.0. The van der Waals surface area contributed by atoms with Crippen LogP contribution in [0.15, 0.2) is 34.9 Å². The lowest BCUT2D eigenvalue weighted by Crippen LogP contribution is -2.28. The van der Waals surface area contributed by atoms with E-state index < -0.39 is 11.2 Å². The maximum absolute atomic E-state index is 14.0. The Morgan fingerprint density at radius 1 is 1.28 bits per heavy atom. The second-order valence-corrected chi connectivity index (χ2v) is 8.22. The highest BCUT2D eigenvalue weighted by Crippen LogP contribution is 2.49. The molecule has 1 N–H and O–H groups in total. The predicted octanol–water partition coefficient (Wildman–Crippen LogP) is 3.62. The van der Waals surface area contributed by atoms with Gasteiger partial charge in [0.2, 0.25) is 5.91 Å². The van der Waals surface area contributed by atoms with Crippen molar-refractivity contribution in [3.63, 3.8) is 0 Å². The van der Waals surface area contributed by atoms with E-state index in [9.17, 15) is 14.0 Å². The lowest BCUT2D eigenvalue weighted by Gasteiger charge is -2.10. The van der Waals surface area contributed by atoms with Crippen LogP contribution in [0, 0.1) is 12.7 Å². The number of hydrogen-bond donors (Lipinski definition) is 1. The van der Waals surface area contributed by atoms with Crippen molar-refractivity contribution >= 4 is 28.3 Å². The molecular formula is C20H19FN4O3S. The first-order chi connectivity index (χ1) is 13.8. The van der Waals surface area contributed by atoms with Crippen LogP contribution in [0.5, 0.6) is 0 Å². The number of carbonyl (C=O) groups excluding carboxylic acids is 2. The number of amides is 2. The molecule has 7 nitrogen and oxygen atoms in total. The molecule has 2 heterocycles. The van der Waals surface area contributed by atoms with E-state index in [0.717, 1.165) is 11.3 Å². The van der Waals surface area contributed by atoms with Crippen molar-refractivity contribution in [3.05, 3.63) is 52.4 Å². The summed E-state index contributed by atoms with van der Waals surface area (Å²) in [6, 6.07) is 7.85. The predicted molar refractivity (Wildman–Crippen MR) is 106 cm³/mol. The Labute approximate surface area is 170 Å². The Morgan fingerprint density at radius 2 is 2.00 bits per heavy atom. The van der Waals surface area contributed by atoms with E-state index in [-0.39, 0.29) is 17.6 Å². The van der Waals surface area contributed by atoms with Gasteiger partial charge in [-0.05, 0) is 31.9 Å². The lowest BCUT2D eigenvalue weighted by atomic mass is 10.0. The van der Waals surface area contributed by atoms with Gasteiger partial charge in [-0.1, -0.05) is 28.6 Å². The summed E-state index contributed by atoms with van der Waals surface area (Å²) in [4.78, 5) is 31.4. The Bertz CT molecular complexity index is 1100. The van der Waals surface area contributed by atoms with E-state index in [4.69, 9.17) is 4.52 Å². The van der Waals surface area contributed by atoms with Crippen LogP contribution in [-0.4, -0.2) is 41.0 Å². The minimum Gasteiger partial charge on any atom is -0.356 e. The number of aromatic nitrogens is 2. The number of anilines is 1. The fraction of sp³-hybridized carbons (Fsp3) is 0.300. The Morgan fingerprint density at radius 3 is 2.66 bits per heavy atom. The average Bonchev–Trinajstić information content (AvgIpc) is 3.21. The van der Waals surface area contributed by atoms with Gasteiger partial charge >= 0.3 is 0 Å². The number of halogens is 1. The molecule has 1 fully saturated rings. The standard InChI is InChI=1S/C20H19FN4O3S/c1-11-16(17(26)25(2)3)29-19(22-11)23-18(27)20(8-9-20)15-10-14(28-24-15)12-6-4-5-7-13(12)21/h4-7,10H,8-9H2,1-3H3,(H,22,23,27). The van der Waals surface area contributed by atoms with Crippen LogP contribution in [0.3, 0.4) is 0 Å². The summed E-state index contributed by atoms with van der Waals surface area (Å²) in [6.45, 7) is 1.73. The van der Waals surface area contributed by atoms with E-state index >= 15 is 0 Å². The molecule has 1 saturated carbocycles. The van der Waals surface area contributed by atoms with Gasteiger partial charge < -0.3 is 14.7 Å². The molecule has 9 heteroatoms. The molecule has 0 saturated heterocycles. The Hall–Kier alpha value is -3.07. The van der Waals surface area contributed by atoms with Gasteiger partial charge in [-0.25, -0.2) is 9.37 Å². The highest BCUT2D eigenvalue weighted by Gasteiger charge is 2.54. The first-order valence-corrected chi connectivity index (χ1v) is 9.86. The molecule has 0 aliphatic heterocycles. The zero-order chi connectivity index (χ0) is 20.8. The quantitative estimate of drug-likeness (QED) is 0.689. The smallest absolute Gasteiger partial charge is 0.265 e. The third-order valence-electron chi connectivity index (χ3n) is 4.94. The fourth-order valence-electron chi connectivity index (χ4n) is 3.08. The number of nitrogens with one attached hydrogen (secondary N) is 1. The molecule has 1 aliphatic rings. The first kappa shape index (κ1) is 19.3. The molecule has 0 unspecified atom stereocenters. The zero-order valence-electron chi connectivity index (χ0n) is 16.2. The van der Waals surface area contributed by atoms with Crippen molar-refractivity contribution in [2.75, 3.05) is 19.4 Å². The Balaban J connectivity index is 1.55. The van der Waals surface area contributed by atoms with E-state index in [0.29, 0.717) is 39.8 Å². The van der Waals surface area contributed by atoms with Crippen LogP contribution >= 0.6 is 11.3 Å². The summed E-state index contributed by atoms with van der Waals surface area (Å²) in [5.41, 5.74) is 0.506. The van der Waals surface area contributed by atoms with Gasteiger partial charge in [0.1, 0.15) is 10.7 Å². The topological polar surface area (TPSA) is 88.3 Å². The van der Waals surface area contributed by atoms with Gasteiger partial charge in [-0.3, -0.25) is 9.59 Å². The molecule has 0 bridgehead atoms. The highest BCUT2D eigenvalue weighted by atomic mass is 32.1. The summed E-state index contributed by atoms with van der Waals surface area (Å²) in [6.07, 6.45) is 1.21. The normalized spacial score (nSPS) is 14.5. The number of aryl methyl sites for hydroxylation is 1. The number of carbonyl (C=O) groups is 2. The van der Waals surface area contributed by atoms with E-state index in [1.165, 1.54) is 11.0 Å². The molecule has 4 rings (SSSR count). The SMILES string of the molecule is Cc1nc(NC(=O)C2(c3cc(-c4ccccc4F)on3)CC2)sc1C(=O)N(C)C. The lowest BCUT2D eigenvalue weighted by molar-refractivity contribution is -0.118. The van der Waals surface area contributed by atoms with Crippen LogP contribution in [0.25, 0.3) is 11.3 Å². The van der Waals surface area contributed by atoms with Gasteiger partial charge in [-0.2, -0.15) is 0 Å². The van der Waals surface area contributed by atoms with Crippen molar-refractivity contribution in [1.82, 2.24) is 15.0 Å². The maximum Gasteiger partial charge on any atom is 0.265 e. The van der Waals surface area contributed by atoms with Gasteiger partial charge in [0, 0.05) is 20.2 Å². The van der Waals surface area contributed by atoms with Crippen molar-refractivity contribution in [2.24, 2.45) is 0 Å². The number of benzene rings is 1. The molecular weight excluding hydrogens is 395 g/mol. The molecule has 3 aromatic rings. The number of hydrogen-bond acceptors (Lipinski definition) is 6. The molecule has 2 aromatic heterocycles. The number of thiazole rings is 1.